The Kier molecular flexibility index (Phi) is 5.52. The number of likely N-dealkylation sites (N-methyl/N-ethyl adjacent to an activating group) is 1. The molecular weight excluding hydrogens is 288 g/mol. The maximum absolute atomic E-state index is 12.6. The molecule has 2 amide bonds. The van der Waals surface area contributed by atoms with Crippen LogP contribution < -0.4 is 9.80 Å². The Morgan fingerprint density at radius 2 is 1.57 bits per heavy atom. The van der Waals surface area contributed by atoms with Crippen molar-refractivity contribution in [3.05, 3.63) is 60.2 Å². The van der Waals surface area contributed by atoms with Gasteiger partial charge in [0.1, 0.15) is 6.54 Å². The highest BCUT2D eigenvalue weighted by atomic mass is 16.2. The number of para-hydroxylation sites is 2. The summed E-state index contributed by atoms with van der Waals surface area (Å²) in [6.07, 6.45) is 0.808. The van der Waals surface area contributed by atoms with Gasteiger partial charge < -0.3 is 9.80 Å². The van der Waals surface area contributed by atoms with E-state index in [4.69, 9.17) is 0 Å². The molecule has 0 bridgehead atoms. The number of rotatable bonds is 5. The lowest BCUT2D eigenvalue weighted by Gasteiger charge is -2.26. The number of nitrogens with zero attached hydrogens (tertiary/aromatic N) is 2. The second kappa shape index (κ2) is 7.58. The van der Waals surface area contributed by atoms with Gasteiger partial charge in [-0.15, -0.1) is 0 Å². The highest BCUT2D eigenvalue weighted by Crippen LogP contribution is 2.22. The molecule has 2 rings (SSSR count). The quantitative estimate of drug-likeness (QED) is 0.850. The summed E-state index contributed by atoms with van der Waals surface area (Å²) in [5, 5.41) is 0. The molecule has 0 fully saturated rings. The van der Waals surface area contributed by atoms with Crippen molar-refractivity contribution in [2.24, 2.45) is 0 Å². The van der Waals surface area contributed by atoms with E-state index in [1.54, 1.807) is 16.8 Å². The lowest BCUT2D eigenvalue weighted by atomic mass is 10.1. The number of aryl methyl sites for hydroxylation is 1. The molecule has 0 N–H and O–H groups in total. The number of carbonyl (C=O) groups is 2. The van der Waals surface area contributed by atoms with Gasteiger partial charge in [-0.05, 0) is 30.2 Å². The second-order valence-electron chi connectivity index (χ2n) is 5.38. The van der Waals surface area contributed by atoms with E-state index in [1.165, 1.54) is 6.92 Å². The summed E-state index contributed by atoms with van der Waals surface area (Å²) in [6, 6.07) is 17.1. The van der Waals surface area contributed by atoms with Crippen molar-refractivity contribution < 1.29 is 9.59 Å². The van der Waals surface area contributed by atoms with Crippen molar-refractivity contribution in [3.8, 4) is 0 Å². The maximum Gasteiger partial charge on any atom is 0.246 e. The summed E-state index contributed by atoms with van der Waals surface area (Å²) >= 11 is 0. The summed E-state index contributed by atoms with van der Waals surface area (Å²) in [7, 11) is 1.72. The standard InChI is InChI=1S/C19H22N2O2/c1-4-16-10-8-9-13-18(16)21(15(2)22)14-19(23)20(3)17-11-6-5-7-12-17/h5-13H,4,14H2,1-3H3. The van der Waals surface area contributed by atoms with Crippen molar-refractivity contribution in [2.75, 3.05) is 23.4 Å². The zero-order valence-electron chi connectivity index (χ0n) is 13.8. The first-order valence-corrected chi connectivity index (χ1v) is 7.72. The van der Waals surface area contributed by atoms with Crippen LogP contribution in [0.3, 0.4) is 0 Å². The van der Waals surface area contributed by atoms with Crippen molar-refractivity contribution in [1.29, 1.82) is 0 Å². The summed E-state index contributed by atoms with van der Waals surface area (Å²) in [6.45, 7) is 3.55. The molecule has 0 aliphatic carbocycles. The molecule has 4 heteroatoms. The van der Waals surface area contributed by atoms with Crippen LogP contribution in [-0.2, 0) is 16.0 Å². The van der Waals surface area contributed by atoms with Crippen LogP contribution in [0.1, 0.15) is 19.4 Å². The zero-order valence-corrected chi connectivity index (χ0v) is 13.8. The second-order valence-corrected chi connectivity index (χ2v) is 5.38. The van der Waals surface area contributed by atoms with E-state index in [2.05, 4.69) is 0 Å². The third kappa shape index (κ3) is 3.97. The van der Waals surface area contributed by atoms with E-state index in [-0.39, 0.29) is 18.4 Å². The SMILES string of the molecule is CCc1ccccc1N(CC(=O)N(C)c1ccccc1)C(C)=O. The van der Waals surface area contributed by atoms with E-state index in [0.717, 1.165) is 23.4 Å². The first-order chi connectivity index (χ1) is 11.0. The largest absolute Gasteiger partial charge is 0.314 e. The predicted octanol–water partition coefficient (Wildman–Crippen LogP) is 3.26. The van der Waals surface area contributed by atoms with Gasteiger partial charge in [0.2, 0.25) is 11.8 Å². The van der Waals surface area contributed by atoms with E-state index in [1.807, 2.05) is 61.5 Å². The molecular formula is C19H22N2O2. The minimum absolute atomic E-state index is 0.0255. The molecule has 2 aromatic rings. The fourth-order valence-corrected chi connectivity index (χ4v) is 2.48. The Balaban J connectivity index is 2.23. The van der Waals surface area contributed by atoms with Crippen LogP contribution in [0.25, 0.3) is 0 Å². The first-order valence-electron chi connectivity index (χ1n) is 7.72. The van der Waals surface area contributed by atoms with E-state index < -0.39 is 0 Å². The molecule has 120 valence electrons. The molecule has 0 aliphatic rings. The fourth-order valence-electron chi connectivity index (χ4n) is 2.48. The van der Waals surface area contributed by atoms with Crippen LogP contribution in [0.2, 0.25) is 0 Å². The topological polar surface area (TPSA) is 40.6 Å². The minimum Gasteiger partial charge on any atom is -0.314 e. The van der Waals surface area contributed by atoms with Crippen LogP contribution in [0, 0.1) is 0 Å². The van der Waals surface area contributed by atoms with Crippen molar-refractivity contribution >= 4 is 23.2 Å². The number of amides is 2. The molecule has 0 spiro atoms. The van der Waals surface area contributed by atoms with E-state index in [0.29, 0.717) is 0 Å². The summed E-state index contributed by atoms with van der Waals surface area (Å²) < 4.78 is 0. The monoisotopic (exact) mass is 310 g/mol. The molecule has 0 saturated heterocycles. The lowest BCUT2D eigenvalue weighted by molar-refractivity contribution is -0.121. The summed E-state index contributed by atoms with van der Waals surface area (Å²) in [4.78, 5) is 27.7. The van der Waals surface area contributed by atoms with Gasteiger partial charge >= 0.3 is 0 Å². The highest BCUT2D eigenvalue weighted by molar-refractivity contribution is 6.03. The van der Waals surface area contributed by atoms with E-state index >= 15 is 0 Å². The number of hydrogen-bond acceptors (Lipinski definition) is 2. The van der Waals surface area contributed by atoms with Crippen LogP contribution in [0.5, 0.6) is 0 Å². The van der Waals surface area contributed by atoms with Gasteiger partial charge in [0.05, 0.1) is 0 Å². The van der Waals surface area contributed by atoms with Gasteiger partial charge in [-0.2, -0.15) is 0 Å². The Bertz CT molecular complexity index is 683. The normalized spacial score (nSPS) is 10.2. The number of benzene rings is 2. The van der Waals surface area contributed by atoms with Gasteiger partial charge in [0.25, 0.3) is 0 Å². The lowest BCUT2D eigenvalue weighted by Crippen LogP contribution is -2.41. The molecule has 0 heterocycles. The third-order valence-corrected chi connectivity index (χ3v) is 3.85. The average molecular weight is 310 g/mol. The zero-order chi connectivity index (χ0) is 16.8. The molecule has 0 saturated carbocycles. The molecule has 4 nitrogen and oxygen atoms in total. The summed E-state index contributed by atoms with van der Waals surface area (Å²) in [5.41, 5.74) is 2.67. The van der Waals surface area contributed by atoms with E-state index in [9.17, 15) is 9.59 Å². The third-order valence-electron chi connectivity index (χ3n) is 3.85. The van der Waals surface area contributed by atoms with Gasteiger partial charge in [-0.3, -0.25) is 9.59 Å². The minimum atomic E-state index is -0.138. The number of hydrogen-bond donors (Lipinski definition) is 0. The molecule has 0 atom stereocenters. The molecule has 0 radical (unpaired) electrons. The van der Waals surface area contributed by atoms with Gasteiger partial charge in [-0.25, -0.2) is 0 Å². The molecule has 0 aliphatic heterocycles. The van der Waals surface area contributed by atoms with Crippen molar-refractivity contribution in [3.63, 3.8) is 0 Å². The predicted molar refractivity (Wildman–Crippen MR) is 93.7 cm³/mol. The van der Waals surface area contributed by atoms with Crippen LogP contribution >= 0.6 is 0 Å². The smallest absolute Gasteiger partial charge is 0.246 e. The molecule has 23 heavy (non-hydrogen) atoms. The van der Waals surface area contributed by atoms with Gasteiger partial charge in [-0.1, -0.05) is 43.3 Å². The Morgan fingerprint density at radius 1 is 0.957 bits per heavy atom. The Morgan fingerprint density at radius 3 is 2.17 bits per heavy atom. The maximum atomic E-state index is 12.6. The van der Waals surface area contributed by atoms with Gasteiger partial charge in [0.15, 0.2) is 0 Å². The highest BCUT2D eigenvalue weighted by Gasteiger charge is 2.20. The molecule has 0 aromatic heterocycles. The molecule has 0 unspecified atom stereocenters. The number of carbonyl (C=O) groups excluding carboxylic acids is 2. The first kappa shape index (κ1) is 16.7. The van der Waals surface area contributed by atoms with Gasteiger partial charge in [0, 0.05) is 25.3 Å². The van der Waals surface area contributed by atoms with Crippen LogP contribution in [0.4, 0.5) is 11.4 Å². The van der Waals surface area contributed by atoms with Crippen LogP contribution in [0.15, 0.2) is 54.6 Å². The summed E-state index contributed by atoms with van der Waals surface area (Å²) in [5.74, 6) is -0.266. The van der Waals surface area contributed by atoms with Crippen LogP contribution in [-0.4, -0.2) is 25.4 Å². The number of anilines is 2. The molecule has 2 aromatic carbocycles. The van der Waals surface area contributed by atoms with Crippen molar-refractivity contribution in [2.45, 2.75) is 20.3 Å². The Hall–Kier alpha value is -2.62. The van der Waals surface area contributed by atoms with Crippen molar-refractivity contribution in [1.82, 2.24) is 0 Å². The average Bonchev–Trinajstić information content (AvgIpc) is 2.59. The fraction of sp³-hybridized carbons (Fsp3) is 0.263. The Labute approximate surface area is 137 Å².